The zero-order chi connectivity index (χ0) is 19.3. The van der Waals surface area contributed by atoms with Crippen molar-refractivity contribution in [1.29, 1.82) is 0 Å². The Balaban J connectivity index is 0.00000205. The van der Waals surface area contributed by atoms with Crippen LogP contribution in [0, 0.1) is 20.8 Å². The number of hydrogen-bond donors (Lipinski definition) is 0. The average molecular weight is 425 g/mol. The largest absolute Gasteiger partial charge is 0.350 e. The Morgan fingerprint density at radius 2 is 1.86 bits per heavy atom. The minimum atomic E-state index is 0. The van der Waals surface area contributed by atoms with Crippen molar-refractivity contribution >= 4 is 40.5 Å². The van der Waals surface area contributed by atoms with E-state index in [0.29, 0.717) is 0 Å². The predicted octanol–water partition coefficient (Wildman–Crippen LogP) is 5.45. The van der Waals surface area contributed by atoms with Gasteiger partial charge in [-0.2, -0.15) is 0 Å². The molecule has 5 rings (SSSR count). The first-order valence-electron chi connectivity index (χ1n) is 9.79. The van der Waals surface area contributed by atoms with Crippen LogP contribution in [0.3, 0.4) is 0 Å². The van der Waals surface area contributed by atoms with Crippen LogP contribution >= 0.6 is 23.7 Å². The summed E-state index contributed by atoms with van der Waals surface area (Å²) in [6.07, 6.45) is 3.03. The second-order valence-corrected chi connectivity index (χ2v) is 8.69. The molecule has 4 aromatic rings. The highest BCUT2D eigenvalue weighted by molar-refractivity contribution is 7.09. The van der Waals surface area contributed by atoms with E-state index >= 15 is 0 Å². The van der Waals surface area contributed by atoms with Crippen LogP contribution in [0.15, 0.2) is 41.9 Å². The van der Waals surface area contributed by atoms with E-state index in [1.807, 2.05) is 6.20 Å². The van der Waals surface area contributed by atoms with Crippen molar-refractivity contribution < 1.29 is 0 Å². The first kappa shape index (κ1) is 19.9. The van der Waals surface area contributed by atoms with Crippen molar-refractivity contribution in [2.24, 2.45) is 0 Å². The number of benzene rings is 1. The van der Waals surface area contributed by atoms with Gasteiger partial charge in [-0.1, -0.05) is 24.3 Å². The predicted molar refractivity (Wildman–Crippen MR) is 124 cm³/mol. The summed E-state index contributed by atoms with van der Waals surface area (Å²) in [5.41, 5.74) is 7.87. The molecule has 29 heavy (non-hydrogen) atoms. The van der Waals surface area contributed by atoms with Crippen molar-refractivity contribution in [3.63, 3.8) is 0 Å². The fourth-order valence-electron chi connectivity index (χ4n) is 4.33. The molecule has 6 heteroatoms. The van der Waals surface area contributed by atoms with Gasteiger partial charge in [0.1, 0.15) is 0 Å². The summed E-state index contributed by atoms with van der Waals surface area (Å²) in [4.78, 5) is 12.0. The van der Waals surface area contributed by atoms with Crippen LogP contribution in [0.2, 0.25) is 0 Å². The lowest BCUT2D eigenvalue weighted by Gasteiger charge is -2.30. The molecule has 0 radical (unpaired) electrons. The average Bonchev–Trinajstić information content (AvgIpc) is 3.24. The quantitative estimate of drug-likeness (QED) is 0.438. The first-order valence-corrected chi connectivity index (χ1v) is 10.7. The van der Waals surface area contributed by atoms with Gasteiger partial charge < -0.3 is 9.47 Å². The molecule has 0 fully saturated rings. The maximum absolute atomic E-state index is 4.85. The summed E-state index contributed by atoms with van der Waals surface area (Å²) in [7, 11) is 0. The minimum Gasteiger partial charge on any atom is -0.350 e. The van der Waals surface area contributed by atoms with Crippen molar-refractivity contribution in [3.05, 3.63) is 75.0 Å². The Morgan fingerprint density at radius 1 is 1.07 bits per heavy atom. The van der Waals surface area contributed by atoms with Gasteiger partial charge in [0.25, 0.3) is 0 Å². The number of pyridine rings is 1. The molecular formula is C23H25ClN4S. The Labute approximate surface area is 181 Å². The van der Waals surface area contributed by atoms with E-state index in [1.54, 1.807) is 11.3 Å². The second kappa shape index (κ2) is 7.81. The van der Waals surface area contributed by atoms with Crippen LogP contribution in [0.25, 0.3) is 10.9 Å². The highest BCUT2D eigenvalue weighted by Crippen LogP contribution is 2.34. The number of halogens is 1. The number of thiazole rings is 1. The summed E-state index contributed by atoms with van der Waals surface area (Å²) in [6, 6.07) is 10.9. The van der Waals surface area contributed by atoms with Crippen molar-refractivity contribution in [2.75, 3.05) is 11.4 Å². The maximum atomic E-state index is 4.85. The van der Waals surface area contributed by atoms with E-state index in [4.69, 9.17) is 9.97 Å². The second-order valence-electron chi connectivity index (χ2n) is 7.63. The fraction of sp³-hybridized carbons (Fsp3) is 0.304. The molecule has 4 heterocycles. The van der Waals surface area contributed by atoms with Gasteiger partial charge in [-0.3, -0.25) is 0 Å². The number of fused-ring (bicyclic) bond motifs is 2. The molecule has 0 bridgehead atoms. The zero-order valence-electron chi connectivity index (χ0n) is 17.0. The van der Waals surface area contributed by atoms with E-state index < -0.39 is 0 Å². The molecule has 1 aromatic carbocycles. The molecular weight excluding hydrogens is 400 g/mol. The third-order valence-corrected chi connectivity index (χ3v) is 6.77. The number of rotatable bonds is 3. The van der Waals surface area contributed by atoms with Gasteiger partial charge in [0.05, 0.1) is 22.8 Å². The molecule has 0 saturated heterocycles. The van der Waals surface area contributed by atoms with Crippen LogP contribution < -0.4 is 4.90 Å². The van der Waals surface area contributed by atoms with Crippen LogP contribution in [-0.4, -0.2) is 21.1 Å². The lowest BCUT2D eigenvalue weighted by Crippen LogP contribution is -2.31. The zero-order valence-corrected chi connectivity index (χ0v) is 18.6. The Hall–Kier alpha value is -2.37. The van der Waals surface area contributed by atoms with Gasteiger partial charge in [-0.25, -0.2) is 9.97 Å². The molecule has 0 aliphatic carbocycles. The maximum Gasteiger partial charge on any atom is 0.153 e. The molecule has 150 valence electrons. The standard InChI is InChI=1S/C23H24N4S.ClH/c1-15-16(2)27(13-20-14-28-17(3)25-20)22-21(15)8-10-24-23(22)26-11-9-18-6-4-5-7-19(18)12-26;/h4-8,10,14H,9,11-13H2,1-3H3;1H. The summed E-state index contributed by atoms with van der Waals surface area (Å²) in [5.74, 6) is 1.09. The lowest BCUT2D eigenvalue weighted by molar-refractivity contribution is 0.716. The smallest absolute Gasteiger partial charge is 0.153 e. The van der Waals surface area contributed by atoms with Gasteiger partial charge in [0.15, 0.2) is 5.82 Å². The van der Waals surface area contributed by atoms with E-state index in [-0.39, 0.29) is 12.4 Å². The van der Waals surface area contributed by atoms with Gasteiger partial charge in [0.2, 0.25) is 0 Å². The molecule has 0 atom stereocenters. The van der Waals surface area contributed by atoms with Crippen LogP contribution in [0.4, 0.5) is 5.82 Å². The number of aryl methyl sites for hydroxylation is 2. The molecule has 0 saturated carbocycles. The van der Waals surface area contributed by atoms with Gasteiger partial charge in [-0.05, 0) is 49.9 Å². The van der Waals surface area contributed by atoms with E-state index in [9.17, 15) is 0 Å². The number of aromatic nitrogens is 3. The van der Waals surface area contributed by atoms with E-state index in [0.717, 1.165) is 42.6 Å². The van der Waals surface area contributed by atoms with E-state index in [2.05, 4.69) is 66.0 Å². The minimum absolute atomic E-state index is 0. The third kappa shape index (κ3) is 3.43. The Kier molecular flexibility index (Phi) is 5.36. The van der Waals surface area contributed by atoms with Gasteiger partial charge >= 0.3 is 0 Å². The number of anilines is 1. The Bertz CT molecular complexity index is 1180. The summed E-state index contributed by atoms with van der Waals surface area (Å²) >= 11 is 1.72. The van der Waals surface area contributed by atoms with Crippen LogP contribution in [0.1, 0.15) is 33.1 Å². The molecule has 1 aliphatic heterocycles. The normalized spacial score (nSPS) is 13.4. The van der Waals surface area contributed by atoms with E-state index in [1.165, 1.54) is 33.3 Å². The van der Waals surface area contributed by atoms with Gasteiger partial charge in [0, 0.05) is 35.7 Å². The Morgan fingerprint density at radius 3 is 2.62 bits per heavy atom. The molecule has 3 aromatic heterocycles. The monoisotopic (exact) mass is 424 g/mol. The topological polar surface area (TPSA) is 34.0 Å². The molecule has 1 aliphatic rings. The summed E-state index contributed by atoms with van der Waals surface area (Å²) in [5, 5.41) is 4.59. The number of nitrogens with zero attached hydrogens (tertiary/aromatic N) is 4. The fourth-order valence-corrected chi connectivity index (χ4v) is 4.93. The molecule has 0 amide bonds. The van der Waals surface area contributed by atoms with Crippen molar-refractivity contribution in [3.8, 4) is 0 Å². The summed E-state index contributed by atoms with van der Waals surface area (Å²) < 4.78 is 2.40. The van der Waals surface area contributed by atoms with Crippen molar-refractivity contribution in [1.82, 2.24) is 14.5 Å². The van der Waals surface area contributed by atoms with Crippen LogP contribution in [-0.2, 0) is 19.5 Å². The number of hydrogen-bond acceptors (Lipinski definition) is 4. The summed E-state index contributed by atoms with van der Waals surface area (Å²) in [6.45, 7) is 9.21. The molecule has 0 N–H and O–H groups in total. The van der Waals surface area contributed by atoms with Crippen molar-refractivity contribution in [2.45, 2.75) is 40.3 Å². The molecule has 0 spiro atoms. The molecule has 4 nitrogen and oxygen atoms in total. The van der Waals surface area contributed by atoms with Crippen LogP contribution in [0.5, 0.6) is 0 Å². The lowest BCUT2D eigenvalue weighted by atomic mass is 10.00. The van der Waals surface area contributed by atoms with Gasteiger partial charge in [-0.15, -0.1) is 23.7 Å². The highest BCUT2D eigenvalue weighted by Gasteiger charge is 2.23. The SMILES string of the molecule is Cc1nc(Cn2c(C)c(C)c3ccnc(N4CCc5ccccc5C4)c32)cs1.Cl. The highest BCUT2D eigenvalue weighted by atomic mass is 35.5. The third-order valence-electron chi connectivity index (χ3n) is 5.94. The molecule has 0 unspecified atom stereocenters. The first-order chi connectivity index (χ1) is 13.6.